The quantitative estimate of drug-likeness (QED) is 0.930. The van der Waals surface area contributed by atoms with Crippen molar-refractivity contribution < 1.29 is 9.53 Å². The molecule has 3 aliphatic rings. The number of hydrogen-bond acceptors (Lipinski definition) is 3. The van der Waals surface area contributed by atoms with Gasteiger partial charge in [0.25, 0.3) is 5.91 Å². The number of aryl methyl sites for hydroxylation is 2. The van der Waals surface area contributed by atoms with Gasteiger partial charge in [0, 0.05) is 19.1 Å². The highest BCUT2D eigenvalue weighted by Gasteiger charge is 2.42. The zero-order valence-electron chi connectivity index (χ0n) is 13.7. The van der Waals surface area contributed by atoms with Gasteiger partial charge in [-0.15, -0.1) is 0 Å². The number of hydrogen-bond donors (Lipinski definition) is 1. The van der Waals surface area contributed by atoms with E-state index in [4.69, 9.17) is 10.5 Å². The van der Waals surface area contributed by atoms with Crippen molar-refractivity contribution in [3.05, 3.63) is 29.3 Å². The number of benzene rings is 1. The second-order valence-electron chi connectivity index (χ2n) is 7.39. The number of rotatable bonds is 3. The molecule has 2 N–H and O–H groups in total. The smallest absolute Gasteiger partial charge is 0.260 e. The van der Waals surface area contributed by atoms with E-state index in [0.29, 0.717) is 11.8 Å². The van der Waals surface area contributed by atoms with Crippen molar-refractivity contribution in [3.8, 4) is 5.75 Å². The lowest BCUT2D eigenvalue weighted by Gasteiger charge is -2.20. The average Bonchev–Trinajstić information content (AvgIpc) is 3.15. The SMILES string of the molecule is NC1CCC2CN(C(=O)COc3ccc4c(c3)CCCC4)CC12. The molecule has 4 nitrogen and oxygen atoms in total. The van der Waals surface area contributed by atoms with Gasteiger partial charge in [-0.1, -0.05) is 6.07 Å². The van der Waals surface area contributed by atoms with Crippen molar-refractivity contribution in [1.82, 2.24) is 4.90 Å². The Labute approximate surface area is 138 Å². The summed E-state index contributed by atoms with van der Waals surface area (Å²) in [6.07, 6.45) is 7.13. The molecule has 2 aliphatic carbocycles. The van der Waals surface area contributed by atoms with Crippen LogP contribution in [0.1, 0.15) is 36.8 Å². The summed E-state index contributed by atoms with van der Waals surface area (Å²) in [5.41, 5.74) is 8.98. The van der Waals surface area contributed by atoms with Gasteiger partial charge in [0.05, 0.1) is 0 Å². The second kappa shape index (κ2) is 6.16. The molecule has 124 valence electrons. The highest BCUT2D eigenvalue weighted by molar-refractivity contribution is 5.78. The lowest BCUT2D eigenvalue weighted by Crippen LogP contribution is -2.36. The van der Waals surface area contributed by atoms with Crippen LogP contribution in [0.5, 0.6) is 5.75 Å². The molecule has 1 heterocycles. The van der Waals surface area contributed by atoms with E-state index in [1.165, 1.54) is 36.8 Å². The first-order valence-electron chi connectivity index (χ1n) is 8.98. The zero-order valence-corrected chi connectivity index (χ0v) is 13.7. The Bertz CT molecular complexity index is 601. The number of nitrogens with zero attached hydrogens (tertiary/aromatic N) is 1. The van der Waals surface area contributed by atoms with Crippen LogP contribution in [0.3, 0.4) is 0 Å². The molecular formula is C19H26N2O2. The van der Waals surface area contributed by atoms with Crippen molar-refractivity contribution in [2.45, 2.75) is 44.6 Å². The van der Waals surface area contributed by atoms with Gasteiger partial charge in [0.15, 0.2) is 6.61 Å². The Hall–Kier alpha value is -1.55. The summed E-state index contributed by atoms with van der Waals surface area (Å²) in [5, 5.41) is 0. The summed E-state index contributed by atoms with van der Waals surface area (Å²) in [4.78, 5) is 14.4. The molecule has 4 rings (SSSR count). The third-order valence-electron chi connectivity index (χ3n) is 5.95. The van der Waals surface area contributed by atoms with E-state index in [-0.39, 0.29) is 18.6 Å². The normalized spacial score (nSPS) is 29.3. The van der Waals surface area contributed by atoms with Crippen LogP contribution < -0.4 is 10.5 Å². The fourth-order valence-electron chi connectivity index (χ4n) is 4.55. The van der Waals surface area contributed by atoms with Crippen molar-refractivity contribution in [2.24, 2.45) is 17.6 Å². The molecule has 1 aliphatic heterocycles. The predicted molar refractivity (Wildman–Crippen MR) is 89.3 cm³/mol. The molecule has 4 heteroatoms. The first-order valence-corrected chi connectivity index (χ1v) is 8.98. The van der Waals surface area contributed by atoms with Gasteiger partial charge >= 0.3 is 0 Å². The Balaban J connectivity index is 1.33. The summed E-state index contributed by atoms with van der Waals surface area (Å²) < 4.78 is 5.77. The highest BCUT2D eigenvalue weighted by atomic mass is 16.5. The minimum absolute atomic E-state index is 0.101. The Morgan fingerprint density at radius 3 is 2.83 bits per heavy atom. The number of carbonyl (C=O) groups excluding carboxylic acids is 1. The van der Waals surface area contributed by atoms with E-state index in [9.17, 15) is 4.79 Å². The molecule has 1 aromatic rings. The van der Waals surface area contributed by atoms with Crippen LogP contribution >= 0.6 is 0 Å². The topological polar surface area (TPSA) is 55.6 Å². The monoisotopic (exact) mass is 314 g/mol. The molecule has 1 amide bonds. The van der Waals surface area contributed by atoms with E-state index < -0.39 is 0 Å². The number of carbonyl (C=O) groups is 1. The molecular weight excluding hydrogens is 288 g/mol. The van der Waals surface area contributed by atoms with Gasteiger partial charge in [0.2, 0.25) is 0 Å². The van der Waals surface area contributed by atoms with E-state index in [1.807, 2.05) is 11.0 Å². The van der Waals surface area contributed by atoms with Crippen LogP contribution in [0, 0.1) is 11.8 Å². The number of nitrogens with two attached hydrogens (primary N) is 1. The molecule has 2 fully saturated rings. The van der Waals surface area contributed by atoms with Gasteiger partial charge < -0.3 is 15.4 Å². The van der Waals surface area contributed by atoms with Crippen molar-refractivity contribution in [1.29, 1.82) is 0 Å². The lowest BCUT2D eigenvalue weighted by molar-refractivity contribution is -0.132. The molecule has 0 spiro atoms. The maximum absolute atomic E-state index is 12.4. The number of fused-ring (bicyclic) bond motifs is 2. The predicted octanol–water partition coefficient (Wildman–Crippen LogP) is 2.14. The molecule has 1 aromatic carbocycles. The van der Waals surface area contributed by atoms with E-state index in [2.05, 4.69) is 12.1 Å². The van der Waals surface area contributed by atoms with Gasteiger partial charge in [0.1, 0.15) is 5.75 Å². The summed E-state index contributed by atoms with van der Waals surface area (Å²) >= 11 is 0. The van der Waals surface area contributed by atoms with Crippen LogP contribution in [0.2, 0.25) is 0 Å². The summed E-state index contributed by atoms with van der Waals surface area (Å²) in [6.45, 7) is 1.83. The average molecular weight is 314 g/mol. The van der Waals surface area contributed by atoms with Crippen molar-refractivity contribution in [2.75, 3.05) is 19.7 Å². The maximum Gasteiger partial charge on any atom is 0.260 e. The van der Waals surface area contributed by atoms with Crippen LogP contribution in [-0.2, 0) is 17.6 Å². The Morgan fingerprint density at radius 1 is 1.17 bits per heavy atom. The minimum Gasteiger partial charge on any atom is -0.484 e. The van der Waals surface area contributed by atoms with Gasteiger partial charge in [-0.3, -0.25) is 4.79 Å². The van der Waals surface area contributed by atoms with Gasteiger partial charge in [-0.05, 0) is 73.6 Å². The summed E-state index contributed by atoms with van der Waals surface area (Å²) in [5.74, 6) is 2.04. The van der Waals surface area contributed by atoms with Crippen molar-refractivity contribution in [3.63, 3.8) is 0 Å². The number of amides is 1. The van der Waals surface area contributed by atoms with E-state index >= 15 is 0 Å². The summed E-state index contributed by atoms with van der Waals surface area (Å²) in [7, 11) is 0. The molecule has 3 unspecified atom stereocenters. The van der Waals surface area contributed by atoms with Crippen LogP contribution in [0.25, 0.3) is 0 Å². The lowest BCUT2D eigenvalue weighted by atomic mass is 9.92. The van der Waals surface area contributed by atoms with E-state index in [0.717, 1.165) is 31.7 Å². The molecule has 1 saturated carbocycles. The zero-order chi connectivity index (χ0) is 15.8. The van der Waals surface area contributed by atoms with Crippen LogP contribution in [-0.4, -0.2) is 36.5 Å². The van der Waals surface area contributed by atoms with Gasteiger partial charge in [-0.25, -0.2) is 0 Å². The fraction of sp³-hybridized carbons (Fsp3) is 0.632. The third-order valence-corrected chi connectivity index (χ3v) is 5.95. The molecule has 0 radical (unpaired) electrons. The molecule has 0 bridgehead atoms. The van der Waals surface area contributed by atoms with Crippen LogP contribution in [0.15, 0.2) is 18.2 Å². The highest BCUT2D eigenvalue weighted by Crippen LogP contribution is 2.37. The Morgan fingerprint density at radius 2 is 2.00 bits per heavy atom. The van der Waals surface area contributed by atoms with Crippen molar-refractivity contribution >= 4 is 5.91 Å². The van der Waals surface area contributed by atoms with Gasteiger partial charge in [-0.2, -0.15) is 0 Å². The standard InChI is InChI=1S/C19H26N2O2/c20-18-8-6-15-10-21(11-17(15)18)19(22)12-23-16-7-5-13-3-1-2-4-14(13)9-16/h5,7,9,15,17-18H,1-4,6,8,10-12,20H2. The number of ether oxygens (including phenoxy) is 1. The van der Waals surface area contributed by atoms with Crippen LogP contribution in [0.4, 0.5) is 0 Å². The molecule has 23 heavy (non-hydrogen) atoms. The third kappa shape index (κ3) is 2.97. The summed E-state index contributed by atoms with van der Waals surface area (Å²) in [6, 6.07) is 6.56. The first-order chi connectivity index (χ1) is 11.2. The molecule has 0 aromatic heterocycles. The minimum atomic E-state index is 0.101. The second-order valence-corrected chi connectivity index (χ2v) is 7.39. The maximum atomic E-state index is 12.4. The molecule has 3 atom stereocenters. The fourth-order valence-corrected chi connectivity index (χ4v) is 4.55. The Kier molecular flexibility index (Phi) is 4.02. The first kappa shape index (κ1) is 15.0. The number of likely N-dealkylation sites (tertiary alicyclic amines) is 1. The molecule has 1 saturated heterocycles. The van der Waals surface area contributed by atoms with E-state index in [1.54, 1.807) is 0 Å². The largest absolute Gasteiger partial charge is 0.484 e.